The van der Waals surface area contributed by atoms with E-state index in [1.54, 1.807) is 0 Å². The number of anilines is 1. The van der Waals surface area contributed by atoms with Gasteiger partial charge in [-0.3, -0.25) is 4.79 Å². The Morgan fingerprint density at radius 2 is 1.81 bits per heavy atom. The Bertz CT molecular complexity index is 961. The van der Waals surface area contributed by atoms with Crippen LogP contribution in [0, 0.1) is 11.3 Å². The Hall–Kier alpha value is -2.69. The third-order valence-electron chi connectivity index (χ3n) is 4.31. The quantitative estimate of drug-likeness (QED) is 0.765. The predicted molar refractivity (Wildman–Crippen MR) is 98.3 cm³/mol. The molecular weight excluding hydrogens is 350 g/mol. The lowest BCUT2D eigenvalue weighted by atomic mass is 10.1. The van der Waals surface area contributed by atoms with Crippen molar-refractivity contribution in [1.29, 1.82) is 5.26 Å². The summed E-state index contributed by atoms with van der Waals surface area (Å²) in [5.74, 6) is -0.288. The Morgan fingerprint density at radius 3 is 2.54 bits per heavy atom. The van der Waals surface area contributed by atoms with Crippen molar-refractivity contribution < 1.29 is 13.2 Å². The third-order valence-corrected chi connectivity index (χ3v) is 5.79. The maximum Gasteiger partial charge on any atom is 0.255 e. The molecule has 2 aromatic carbocycles. The van der Waals surface area contributed by atoms with Crippen LogP contribution in [0.1, 0.15) is 34.3 Å². The molecule has 3 rings (SSSR count). The summed E-state index contributed by atoms with van der Waals surface area (Å²) < 4.78 is 26.5. The molecule has 0 radical (unpaired) electrons. The second-order valence-electron chi connectivity index (χ2n) is 6.12. The summed E-state index contributed by atoms with van der Waals surface area (Å²) in [6.07, 6.45) is 3.36. The van der Waals surface area contributed by atoms with Crippen molar-refractivity contribution in [2.75, 3.05) is 11.9 Å². The van der Waals surface area contributed by atoms with Crippen LogP contribution in [0.25, 0.3) is 0 Å². The van der Waals surface area contributed by atoms with Gasteiger partial charge in [0.1, 0.15) is 0 Å². The Kier molecular flexibility index (Phi) is 5.35. The molecule has 7 heteroatoms. The number of nitrogens with zero attached hydrogens (tertiary/aromatic N) is 1. The number of benzene rings is 2. The summed E-state index contributed by atoms with van der Waals surface area (Å²) in [7, 11) is -3.67. The fraction of sp³-hybridized carbons (Fsp3) is 0.263. The molecule has 26 heavy (non-hydrogen) atoms. The lowest BCUT2D eigenvalue weighted by Crippen LogP contribution is -2.24. The number of hydrogen-bond donors (Lipinski definition) is 2. The van der Waals surface area contributed by atoms with E-state index >= 15 is 0 Å². The molecule has 0 bridgehead atoms. The van der Waals surface area contributed by atoms with Gasteiger partial charge in [0.25, 0.3) is 5.91 Å². The summed E-state index contributed by atoms with van der Waals surface area (Å²) >= 11 is 0. The molecule has 0 fully saturated rings. The summed E-state index contributed by atoms with van der Waals surface area (Å²) in [4.78, 5) is 12.4. The number of rotatable bonds is 6. The summed E-state index contributed by atoms with van der Waals surface area (Å²) in [5, 5.41) is 11.3. The number of nitriles is 1. The lowest BCUT2D eigenvalue weighted by Gasteiger charge is -2.09. The zero-order chi connectivity index (χ0) is 18.6. The van der Waals surface area contributed by atoms with E-state index in [2.05, 4.69) is 10.0 Å². The molecular formula is C19H19N3O3S. The van der Waals surface area contributed by atoms with Gasteiger partial charge in [0.2, 0.25) is 10.0 Å². The first-order chi connectivity index (χ1) is 12.5. The van der Waals surface area contributed by atoms with Crippen LogP contribution in [0.15, 0.2) is 47.4 Å². The number of carbonyl (C=O) groups excluding carboxylic acids is 1. The van der Waals surface area contributed by atoms with Crippen LogP contribution in [-0.4, -0.2) is 20.9 Å². The van der Waals surface area contributed by atoms with E-state index in [1.165, 1.54) is 35.4 Å². The molecule has 0 aromatic heterocycles. The largest absolute Gasteiger partial charge is 0.322 e. The molecule has 0 unspecified atom stereocenters. The molecule has 1 aliphatic rings. The molecule has 0 aliphatic heterocycles. The van der Waals surface area contributed by atoms with Crippen LogP contribution in [0.2, 0.25) is 0 Å². The second-order valence-corrected chi connectivity index (χ2v) is 7.89. The van der Waals surface area contributed by atoms with Gasteiger partial charge in [-0.2, -0.15) is 5.26 Å². The fourth-order valence-corrected chi connectivity index (χ4v) is 3.99. The normalized spacial score (nSPS) is 13.0. The fourth-order valence-electron chi connectivity index (χ4n) is 2.96. The molecule has 1 amide bonds. The second kappa shape index (κ2) is 7.68. The highest BCUT2D eigenvalue weighted by atomic mass is 32.2. The van der Waals surface area contributed by atoms with Gasteiger partial charge in [-0.25, -0.2) is 13.1 Å². The molecule has 1 aliphatic carbocycles. The van der Waals surface area contributed by atoms with Crippen molar-refractivity contribution in [3.8, 4) is 6.07 Å². The zero-order valence-electron chi connectivity index (χ0n) is 14.2. The highest BCUT2D eigenvalue weighted by Gasteiger charge is 2.15. The van der Waals surface area contributed by atoms with Crippen molar-refractivity contribution >= 4 is 21.6 Å². The minimum Gasteiger partial charge on any atom is -0.322 e. The van der Waals surface area contributed by atoms with Gasteiger partial charge in [-0.1, -0.05) is 6.07 Å². The maximum atomic E-state index is 12.4. The number of aryl methyl sites for hydroxylation is 2. The van der Waals surface area contributed by atoms with Gasteiger partial charge < -0.3 is 5.32 Å². The number of carbonyl (C=O) groups is 1. The van der Waals surface area contributed by atoms with Crippen LogP contribution in [-0.2, 0) is 22.9 Å². The smallest absolute Gasteiger partial charge is 0.255 e. The number of nitrogens with one attached hydrogen (secondary N) is 2. The molecule has 2 N–H and O–H groups in total. The van der Waals surface area contributed by atoms with Gasteiger partial charge >= 0.3 is 0 Å². The van der Waals surface area contributed by atoms with Crippen molar-refractivity contribution in [2.45, 2.75) is 30.6 Å². The van der Waals surface area contributed by atoms with E-state index in [-0.39, 0.29) is 23.8 Å². The predicted octanol–water partition coefficient (Wildman–Crippen LogP) is 2.62. The Morgan fingerprint density at radius 1 is 1.08 bits per heavy atom. The van der Waals surface area contributed by atoms with Gasteiger partial charge in [-0.15, -0.1) is 0 Å². The van der Waals surface area contributed by atoms with Crippen molar-refractivity contribution in [2.24, 2.45) is 0 Å². The van der Waals surface area contributed by atoms with Crippen LogP contribution in [0.4, 0.5) is 5.69 Å². The molecule has 6 nitrogen and oxygen atoms in total. The topological polar surface area (TPSA) is 99.1 Å². The van der Waals surface area contributed by atoms with Gasteiger partial charge in [0.05, 0.1) is 11.0 Å². The van der Waals surface area contributed by atoms with Gasteiger partial charge in [0, 0.05) is 24.2 Å². The Balaban J connectivity index is 1.68. The molecule has 0 heterocycles. The first kappa shape index (κ1) is 18.1. The third kappa shape index (κ3) is 4.10. The van der Waals surface area contributed by atoms with Crippen molar-refractivity contribution in [3.63, 3.8) is 0 Å². The zero-order valence-corrected chi connectivity index (χ0v) is 15.0. The van der Waals surface area contributed by atoms with E-state index in [4.69, 9.17) is 5.26 Å². The van der Waals surface area contributed by atoms with Gasteiger partial charge in [-0.05, 0) is 66.8 Å². The minimum atomic E-state index is -3.67. The minimum absolute atomic E-state index is 0.0550. The van der Waals surface area contributed by atoms with Crippen LogP contribution < -0.4 is 10.0 Å². The van der Waals surface area contributed by atoms with E-state index in [0.29, 0.717) is 5.56 Å². The lowest BCUT2D eigenvalue weighted by molar-refractivity contribution is 0.102. The first-order valence-corrected chi connectivity index (χ1v) is 9.88. The highest BCUT2D eigenvalue weighted by molar-refractivity contribution is 7.89. The highest BCUT2D eigenvalue weighted by Crippen LogP contribution is 2.25. The average molecular weight is 369 g/mol. The SMILES string of the molecule is N#CCCNS(=O)(=O)c1ccc(C(=O)Nc2ccc3c(c2)CCC3)cc1. The molecule has 0 saturated heterocycles. The monoisotopic (exact) mass is 369 g/mol. The molecule has 2 aromatic rings. The van der Waals surface area contributed by atoms with Crippen molar-refractivity contribution in [1.82, 2.24) is 4.72 Å². The summed E-state index contributed by atoms with van der Waals surface area (Å²) in [6, 6.07) is 13.5. The molecule has 134 valence electrons. The number of amides is 1. The first-order valence-electron chi connectivity index (χ1n) is 8.39. The number of hydrogen-bond acceptors (Lipinski definition) is 4. The molecule has 0 spiro atoms. The summed E-state index contributed by atoms with van der Waals surface area (Å²) in [6.45, 7) is 0.0550. The van der Waals surface area contributed by atoms with E-state index in [0.717, 1.165) is 24.9 Å². The molecule has 0 atom stereocenters. The molecule has 0 saturated carbocycles. The van der Waals surface area contributed by atoms with E-state index in [9.17, 15) is 13.2 Å². The van der Waals surface area contributed by atoms with Crippen LogP contribution >= 0.6 is 0 Å². The summed E-state index contributed by atoms with van der Waals surface area (Å²) in [5.41, 5.74) is 3.72. The van der Waals surface area contributed by atoms with Gasteiger partial charge in [0.15, 0.2) is 0 Å². The van der Waals surface area contributed by atoms with E-state index < -0.39 is 10.0 Å². The Labute approximate surface area is 152 Å². The van der Waals surface area contributed by atoms with Crippen LogP contribution in [0.5, 0.6) is 0 Å². The standard InChI is InChI=1S/C19H19N3O3S/c20-11-2-12-21-26(24,25)18-9-6-15(7-10-18)19(23)22-17-8-5-14-3-1-4-16(14)13-17/h5-10,13,21H,1-4,12H2,(H,22,23). The average Bonchev–Trinajstić information content (AvgIpc) is 3.10. The number of sulfonamides is 1. The van der Waals surface area contributed by atoms with Crippen LogP contribution in [0.3, 0.4) is 0 Å². The number of fused-ring (bicyclic) bond motifs is 1. The maximum absolute atomic E-state index is 12.4. The van der Waals surface area contributed by atoms with Crippen molar-refractivity contribution in [3.05, 3.63) is 59.2 Å². The van der Waals surface area contributed by atoms with E-state index in [1.807, 2.05) is 24.3 Å².